The van der Waals surface area contributed by atoms with Crippen molar-refractivity contribution < 1.29 is 9.53 Å². The number of anilines is 1. The molecule has 0 radical (unpaired) electrons. The molecule has 24 heavy (non-hydrogen) atoms. The Morgan fingerprint density at radius 1 is 1.29 bits per heavy atom. The van der Waals surface area contributed by atoms with Crippen LogP contribution < -0.4 is 15.5 Å². The minimum atomic E-state index is -0.255. The molecule has 0 atom stereocenters. The van der Waals surface area contributed by atoms with E-state index in [0.29, 0.717) is 22.9 Å². The molecule has 0 aromatic heterocycles. The summed E-state index contributed by atoms with van der Waals surface area (Å²) >= 11 is 9.33. The Morgan fingerprint density at radius 2 is 2.04 bits per heavy atom. The van der Waals surface area contributed by atoms with Crippen molar-refractivity contribution in [2.75, 3.05) is 18.5 Å². The van der Waals surface area contributed by atoms with Crippen molar-refractivity contribution >= 4 is 45.3 Å². The number of hydrogen-bond acceptors (Lipinski definition) is 4. The van der Waals surface area contributed by atoms with Crippen LogP contribution in [0.3, 0.4) is 0 Å². The van der Waals surface area contributed by atoms with E-state index < -0.39 is 0 Å². The number of nitrogens with one attached hydrogen (secondary N) is 2. The molecule has 0 aliphatic carbocycles. The zero-order chi connectivity index (χ0) is 17.4. The zero-order valence-corrected chi connectivity index (χ0v) is 15.4. The molecule has 2 rings (SSSR count). The fourth-order valence-corrected chi connectivity index (χ4v) is 2.32. The van der Waals surface area contributed by atoms with Gasteiger partial charge in [0.05, 0.1) is 19.4 Å². The molecule has 0 saturated carbocycles. The first kappa shape index (κ1) is 18.3. The second kappa shape index (κ2) is 9.30. The Labute approximate surface area is 154 Å². The van der Waals surface area contributed by atoms with Crippen molar-refractivity contribution in [1.29, 1.82) is 0 Å². The van der Waals surface area contributed by atoms with E-state index in [1.807, 2.05) is 31.2 Å². The van der Waals surface area contributed by atoms with Crippen molar-refractivity contribution in [3.8, 4) is 5.75 Å². The van der Waals surface area contributed by atoms with Gasteiger partial charge in [-0.3, -0.25) is 4.79 Å². The molecule has 0 spiro atoms. The predicted molar refractivity (Wildman–Crippen MR) is 101 cm³/mol. The highest BCUT2D eigenvalue weighted by Crippen LogP contribution is 2.21. The molecule has 126 valence electrons. The van der Waals surface area contributed by atoms with Crippen LogP contribution in [-0.4, -0.2) is 25.3 Å². The molecule has 0 bridgehead atoms. The standard InChI is InChI=1S/C17H17BrClN3O2/c1-2-24-16-8-5-14(19)9-12(16)10-21-22-17(23)11-20-15-6-3-13(18)4-7-15/h3-10,20H,2,11H2,1H3,(H,22,23)/b21-10-. The molecular weight excluding hydrogens is 394 g/mol. The van der Waals surface area contributed by atoms with Gasteiger partial charge in [0, 0.05) is 20.7 Å². The molecule has 0 heterocycles. The molecule has 0 unspecified atom stereocenters. The number of rotatable bonds is 7. The topological polar surface area (TPSA) is 62.7 Å². The third-order valence-corrected chi connectivity index (χ3v) is 3.73. The van der Waals surface area contributed by atoms with E-state index in [9.17, 15) is 4.79 Å². The number of carbonyl (C=O) groups excluding carboxylic acids is 1. The summed E-state index contributed by atoms with van der Waals surface area (Å²) in [6.07, 6.45) is 1.51. The highest BCUT2D eigenvalue weighted by molar-refractivity contribution is 9.10. The van der Waals surface area contributed by atoms with Gasteiger partial charge in [-0.1, -0.05) is 27.5 Å². The van der Waals surface area contributed by atoms with Gasteiger partial charge in [-0.25, -0.2) is 5.43 Å². The number of halogens is 2. The zero-order valence-electron chi connectivity index (χ0n) is 13.1. The van der Waals surface area contributed by atoms with Gasteiger partial charge in [0.15, 0.2) is 0 Å². The fourth-order valence-electron chi connectivity index (χ4n) is 1.87. The SMILES string of the molecule is CCOc1ccc(Cl)cc1/C=N\NC(=O)CNc1ccc(Br)cc1. The van der Waals surface area contributed by atoms with Crippen molar-refractivity contribution in [3.63, 3.8) is 0 Å². The Balaban J connectivity index is 1.88. The van der Waals surface area contributed by atoms with Crippen LogP contribution in [0.25, 0.3) is 0 Å². The summed E-state index contributed by atoms with van der Waals surface area (Å²) < 4.78 is 6.47. The van der Waals surface area contributed by atoms with Crippen LogP contribution in [0.5, 0.6) is 5.75 Å². The minimum absolute atomic E-state index is 0.118. The summed E-state index contributed by atoms with van der Waals surface area (Å²) in [5, 5.41) is 7.52. The van der Waals surface area contributed by atoms with E-state index in [0.717, 1.165) is 10.2 Å². The van der Waals surface area contributed by atoms with Crippen molar-refractivity contribution in [3.05, 3.63) is 57.5 Å². The molecule has 5 nitrogen and oxygen atoms in total. The monoisotopic (exact) mass is 409 g/mol. The highest BCUT2D eigenvalue weighted by atomic mass is 79.9. The van der Waals surface area contributed by atoms with E-state index in [1.165, 1.54) is 6.21 Å². The molecule has 0 aliphatic heterocycles. The smallest absolute Gasteiger partial charge is 0.259 e. The number of nitrogens with zero attached hydrogens (tertiary/aromatic N) is 1. The van der Waals surface area contributed by atoms with Gasteiger partial charge in [0.1, 0.15) is 5.75 Å². The van der Waals surface area contributed by atoms with Gasteiger partial charge in [0.25, 0.3) is 5.91 Å². The normalized spacial score (nSPS) is 10.6. The third-order valence-electron chi connectivity index (χ3n) is 2.96. The van der Waals surface area contributed by atoms with Crippen LogP contribution in [0.4, 0.5) is 5.69 Å². The van der Waals surface area contributed by atoms with E-state index >= 15 is 0 Å². The molecule has 2 N–H and O–H groups in total. The number of benzene rings is 2. The lowest BCUT2D eigenvalue weighted by Gasteiger charge is -2.07. The maximum atomic E-state index is 11.8. The Kier molecular flexibility index (Phi) is 7.08. The Bertz CT molecular complexity index is 720. The highest BCUT2D eigenvalue weighted by Gasteiger charge is 2.03. The summed E-state index contributed by atoms with van der Waals surface area (Å²) in [5.41, 5.74) is 4.01. The maximum Gasteiger partial charge on any atom is 0.259 e. The fraction of sp³-hybridized carbons (Fsp3) is 0.176. The second-order valence-corrected chi connectivity index (χ2v) is 6.12. The summed E-state index contributed by atoms with van der Waals surface area (Å²) in [6, 6.07) is 12.8. The van der Waals surface area contributed by atoms with Crippen molar-refractivity contribution in [2.45, 2.75) is 6.92 Å². The van der Waals surface area contributed by atoms with Crippen molar-refractivity contribution in [1.82, 2.24) is 5.43 Å². The first-order chi connectivity index (χ1) is 11.6. The molecule has 0 fully saturated rings. The predicted octanol–water partition coefficient (Wildman–Crippen LogP) is 4.06. The van der Waals surface area contributed by atoms with Crippen LogP contribution >= 0.6 is 27.5 Å². The number of hydrazone groups is 1. The number of carbonyl (C=O) groups is 1. The summed E-state index contributed by atoms with van der Waals surface area (Å²) in [4.78, 5) is 11.8. The molecule has 2 aromatic rings. The van der Waals surface area contributed by atoms with Crippen LogP contribution in [0.15, 0.2) is 52.0 Å². The molecule has 1 amide bonds. The summed E-state index contributed by atoms with van der Waals surface area (Å²) in [7, 11) is 0. The van der Waals surface area contributed by atoms with Crippen LogP contribution in [0.1, 0.15) is 12.5 Å². The Hall–Kier alpha value is -2.05. The van der Waals surface area contributed by atoms with Gasteiger partial charge in [-0.2, -0.15) is 5.10 Å². The van der Waals surface area contributed by atoms with Gasteiger partial charge in [-0.05, 0) is 49.4 Å². The van der Waals surface area contributed by atoms with Crippen LogP contribution in [0.2, 0.25) is 5.02 Å². The van der Waals surface area contributed by atoms with E-state index in [4.69, 9.17) is 16.3 Å². The molecule has 0 saturated heterocycles. The first-order valence-electron chi connectivity index (χ1n) is 7.32. The van der Waals surface area contributed by atoms with Crippen LogP contribution in [0, 0.1) is 0 Å². The third kappa shape index (κ3) is 5.86. The molecular formula is C17H17BrClN3O2. The lowest BCUT2D eigenvalue weighted by Crippen LogP contribution is -2.25. The van der Waals surface area contributed by atoms with E-state index in [-0.39, 0.29) is 12.5 Å². The summed E-state index contributed by atoms with van der Waals surface area (Å²) in [5.74, 6) is 0.405. The number of hydrogen-bond donors (Lipinski definition) is 2. The Morgan fingerprint density at radius 3 is 2.75 bits per heavy atom. The van der Waals surface area contributed by atoms with Gasteiger partial charge in [0.2, 0.25) is 0 Å². The van der Waals surface area contributed by atoms with Gasteiger partial charge < -0.3 is 10.1 Å². The van der Waals surface area contributed by atoms with Crippen LogP contribution in [-0.2, 0) is 4.79 Å². The minimum Gasteiger partial charge on any atom is -0.493 e. The average Bonchev–Trinajstić information content (AvgIpc) is 2.57. The number of amides is 1. The van der Waals surface area contributed by atoms with Crippen molar-refractivity contribution in [2.24, 2.45) is 5.10 Å². The van der Waals surface area contributed by atoms with E-state index in [2.05, 4.69) is 31.8 Å². The molecule has 7 heteroatoms. The quantitative estimate of drug-likeness (QED) is 0.534. The lowest BCUT2D eigenvalue weighted by molar-refractivity contribution is -0.119. The molecule has 0 aliphatic rings. The maximum absolute atomic E-state index is 11.8. The second-order valence-electron chi connectivity index (χ2n) is 4.77. The lowest BCUT2D eigenvalue weighted by atomic mass is 10.2. The first-order valence-corrected chi connectivity index (χ1v) is 8.49. The number of ether oxygens (including phenoxy) is 1. The summed E-state index contributed by atoms with van der Waals surface area (Å²) in [6.45, 7) is 2.55. The molecule has 2 aromatic carbocycles. The largest absolute Gasteiger partial charge is 0.493 e. The van der Waals surface area contributed by atoms with Gasteiger partial charge >= 0.3 is 0 Å². The average molecular weight is 411 g/mol. The van der Waals surface area contributed by atoms with E-state index in [1.54, 1.807) is 18.2 Å². The van der Waals surface area contributed by atoms with Gasteiger partial charge in [-0.15, -0.1) is 0 Å².